The molecule has 0 saturated heterocycles. The summed E-state index contributed by atoms with van der Waals surface area (Å²) in [5.74, 6) is 2.74. The van der Waals surface area contributed by atoms with Gasteiger partial charge in [-0.1, -0.05) is 23.7 Å². The van der Waals surface area contributed by atoms with Crippen LogP contribution in [0.5, 0.6) is 0 Å². The summed E-state index contributed by atoms with van der Waals surface area (Å²) in [4.78, 5) is 12.4. The number of halogens is 1. The molecular formula is C17H19ClO2. The zero-order valence-electron chi connectivity index (χ0n) is 11.4. The molecule has 4 saturated carbocycles. The van der Waals surface area contributed by atoms with Gasteiger partial charge in [-0.15, -0.1) is 0 Å². The molecule has 0 aromatic heterocycles. The number of ether oxygens (including phenoxy) is 1. The Kier molecular flexibility index (Phi) is 3.03. The van der Waals surface area contributed by atoms with Crippen LogP contribution in [-0.2, 0) is 4.74 Å². The quantitative estimate of drug-likeness (QED) is 0.758. The van der Waals surface area contributed by atoms with Crippen LogP contribution in [0.4, 0.5) is 0 Å². The van der Waals surface area contributed by atoms with Crippen LogP contribution >= 0.6 is 11.6 Å². The maximum absolute atomic E-state index is 12.4. The van der Waals surface area contributed by atoms with Crippen molar-refractivity contribution in [2.24, 2.45) is 23.7 Å². The fourth-order valence-corrected chi connectivity index (χ4v) is 5.09. The third kappa shape index (κ3) is 2.05. The molecule has 4 aliphatic rings. The van der Waals surface area contributed by atoms with Gasteiger partial charge in [0.15, 0.2) is 0 Å². The molecule has 3 heteroatoms. The third-order valence-corrected chi connectivity index (χ3v) is 5.81. The highest BCUT2D eigenvalue weighted by molar-refractivity contribution is 6.33. The minimum atomic E-state index is -0.243. The van der Waals surface area contributed by atoms with Crippen molar-refractivity contribution in [3.8, 4) is 0 Å². The molecule has 4 fully saturated rings. The van der Waals surface area contributed by atoms with Crippen LogP contribution in [0.25, 0.3) is 0 Å². The largest absolute Gasteiger partial charge is 0.458 e. The lowest BCUT2D eigenvalue weighted by Crippen LogP contribution is -2.50. The average molecular weight is 291 g/mol. The van der Waals surface area contributed by atoms with E-state index in [0.29, 0.717) is 22.4 Å². The summed E-state index contributed by atoms with van der Waals surface area (Å²) < 4.78 is 5.87. The summed E-state index contributed by atoms with van der Waals surface area (Å²) in [5.41, 5.74) is 0.503. The Balaban J connectivity index is 1.52. The summed E-state index contributed by atoms with van der Waals surface area (Å²) in [6.07, 6.45) is 6.58. The molecule has 0 spiro atoms. The summed E-state index contributed by atoms with van der Waals surface area (Å²) in [5, 5.41) is 0.487. The van der Waals surface area contributed by atoms with E-state index in [9.17, 15) is 4.79 Å². The Morgan fingerprint density at radius 3 is 2.20 bits per heavy atom. The van der Waals surface area contributed by atoms with Crippen LogP contribution in [0.3, 0.4) is 0 Å². The normalized spacial score (nSPS) is 38.0. The summed E-state index contributed by atoms with van der Waals surface area (Å²) in [6, 6.07) is 7.16. The molecule has 0 amide bonds. The zero-order chi connectivity index (χ0) is 13.7. The summed E-state index contributed by atoms with van der Waals surface area (Å²) in [6.45, 7) is 0. The molecule has 0 unspecified atom stereocenters. The number of benzene rings is 1. The highest BCUT2D eigenvalue weighted by Crippen LogP contribution is 2.54. The van der Waals surface area contributed by atoms with E-state index in [1.54, 1.807) is 12.1 Å². The highest BCUT2D eigenvalue weighted by atomic mass is 35.5. The van der Waals surface area contributed by atoms with Crippen LogP contribution in [-0.4, -0.2) is 12.1 Å². The molecule has 20 heavy (non-hydrogen) atoms. The van der Waals surface area contributed by atoms with Crippen molar-refractivity contribution < 1.29 is 9.53 Å². The van der Waals surface area contributed by atoms with E-state index in [1.807, 2.05) is 12.1 Å². The SMILES string of the molecule is O=C(OC1C2CC3CC(C2)CC1C3)c1ccccc1Cl. The van der Waals surface area contributed by atoms with Crippen molar-refractivity contribution in [2.75, 3.05) is 0 Å². The molecule has 0 heterocycles. The maximum atomic E-state index is 12.4. The second-order valence-corrected chi connectivity index (χ2v) is 7.19. The highest BCUT2D eigenvalue weighted by Gasteiger charge is 2.49. The Morgan fingerprint density at radius 2 is 1.60 bits per heavy atom. The first-order valence-corrected chi connectivity index (χ1v) is 8.04. The molecule has 106 valence electrons. The Labute approximate surface area is 124 Å². The van der Waals surface area contributed by atoms with Crippen LogP contribution in [0.2, 0.25) is 5.02 Å². The van der Waals surface area contributed by atoms with E-state index in [-0.39, 0.29) is 12.1 Å². The standard InChI is InChI=1S/C17H19ClO2/c18-15-4-2-1-3-14(15)17(19)20-16-12-6-10-5-11(8-12)9-13(16)7-10/h1-4,10-13,16H,5-9H2. The smallest absolute Gasteiger partial charge is 0.339 e. The minimum Gasteiger partial charge on any atom is -0.458 e. The van der Waals surface area contributed by atoms with E-state index >= 15 is 0 Å². The molecule has 0 N–H and O–H groups in total. The molecular weight excluding hydrogens is 272 g/mol. The van der Waals surface area contributed by atoms with E-state index in [4.69, 9.17) is 16.3 Å². The molecule has 0 aliphatic heterocycles. The van der Waals surface area contributed by atoms with Crippen LogP contribution < -0.4 is 0 Å². The number of hydrogen-bond donors (Lipinski definition) is 0. The second kappa shape index (κ2) is 4.77. The van der Waals surface area contributed by atoms with Gasteiger partial charge in [0.05, 0.1) is 10.6 Å². The first-order valence-electron chi connectivity index (χ1n) is 7.66. The topological polar surface area (TPSA) is 26.3 Å². The molecule has 1 aromatic carbocycles. The van der Waals surface area contributed by atoms with E-state index in [1.165, 1.54) is 32.1 Å². The molecule has 5 rings (SSSR count). The molecule has 2 nitrogen and oxygen atoms in total. The van der Waals surface area contributed by atoms with Crippen LogP contribution in [0.15, 0.2) is 24.3 Å². The average Bonchev–Trinajstić information content (AvgIpc) is 2.42. The third-order valence-electron chi connectivity index (χ3n) is 5.48. The lowest BCUT2D eigenvalue weighted by Gasteiger charge is -2.53. The Bertz CT molecular complexity index is 512. The lowest BCUT2D eigenvalue weighted by atomic mass is 9.55. The summed E-state index contributed by atoms with van der Waals surface area (Å²) in [7, 11) is 0. The number of hydrogen-bond acceptors (Lipinski definition) is 2. The Hall–Kier alpha value is -1.02. The van der Waals surface area contributed by atoms with Crippen molar-refractivity contribution in [1.82, 2.24) is 0 Å². The van der Waals surface area contributed by atoms with Crippen LogP contribution in [0.1, 0.15) is 42.5 Å². The van der Waals surface area contributed by atoms with Gasteiger partial charge in [-0.3, -0.25) is 0 Å². The number of rotatable bonds is 2. The predicted molar refractivity (Wildman–Crippen MR) is 77.7 cm³/mol. The van der Waals surface area contributed by atoms with Crippen molar-refractivity contribution in [1.29, 1.82) is 0 Å². The van der Waals surface area contributed by atoms with Crippen molar-refractivity contribution >= 4 is 17.6 Å². The molecule has 0 radical (unpaired) electrons. The zero-order valence-corrected chi connectivity index (χ0v) is 12.2. The number of esters is 1. The fraction of sp³-hybridized carbons (Fsp3) is 0.588. The molecule has 1 aromatic rings. The number of carbonyl (C=O) groups is 1. The van der Waals surface area contributed by atoms with Gasteiger partial charge in [-0.25, -0.2) is 4.79 Å². The number of carbonyl (C=O) groups excluding carboxylic acids is 1. The first-order chi connectivity index (χ1) is 9.70. The van der Waals surface area contributed by atoms with Crippen molar-refractivity contribution in [3.63, 3.8) is 0 Å². The van der Waals surface area contributed by atoms with Gasteiger partial charge in [0.2, 0.25) is 0 Å². The van der Waals surface area contributed by atoms with Gasteiger partial charge in [0.1, 0.15) is 6.10 Å². The Morgan fingerprint density at radius 1 is 1.00 bits per heavy atom. The molecule has 4 aliphatic carbocycles. The van der Waals surface area contributed by atoms with E-state index in [0.717, 1.165) is 11.8 Å². The van der Waals surface area contributed by atoms with Crippen molar-refractivity contribution in [2.45, 2.75) is 38.2 Å². The van der Waals surface area contributed by atoms with Gasteiger partial charge >= 0.3 is 5.97 Å². The van der Waals surface area contributed by atoms with Gasteiger partial charge in [-0.05, 0) is 67.9 Å². The maximum Gasteiger partial charge on any atom is 0.339 e. The van der Waals surface area contributed by atoms with Crippen LogP contribution in [0, 0.1) is 23.7 Å². The summed E-state index contributed by atoms with van der Waals surface area (Å²) >= 11 is 6.09. The van der Waals surface area contributed by atoms with E-state index < -0.39 is 0 Å². The fourth-order valence-electron chi connectivity index (χ4n) is 4.88. The van der Waals surface area contributed by atoms with E-state index in [2.05, 4.69) is 0 Å². The minimum absolute atomic E-state index is 0.131. The van der Waals surface area contributed by atoms with Gasteiger partial charge in [0.25, 0.3) is 0 Å². The van der Waals surface area contributed by atoms with Crippen molar-refractivity contribution in [3.05, 3.63) is 34.9 Å². The first kappa shape index (κ1) is 12.7. The molecule has 0 atom stereocenters. The monoisotopic (exact) mass is 290 g/mol. The molecule has 4 bridgehead atoms. The van der Waals surface area contributed by atoms with Gasteiger partial charge < -0.3 is 4.74 Å². The van der Waals surface area contributed by atoms with Gasteiger partial charge in [0, 0.05) is 0 Å². The second-order valence-electron chi connectivity index (χ2n) is 6.78. The van der Waals surface area contributed by atoms with Gasteiger partial charge in [-0.2, -0.15) is 0 Å². The predicted octanol–water partition coefficient (Wildman–Crippen LogP) is 4.32. The lowest BCUT2D eigenvalue weighted by molar-refractivity contribution is -0.101.